The first-order valence-electron chi connectivity index (χ1n) is 14.3. The number of allylic oxidation sites excluding steroid dienone is 1. The van der Waals surface area contributed by atoms with Crippen LogP contribution >= 0.6 is 0 Å². The standard InChI is InChI=1S/C27H29FN4.C8H7N/c1-31(2)27(21-7-4-3-5-8-21)14-11-20(12-15-27)26-23(13-18-32-17-6-16-29-32)24-19-22(28)9-10-25(24)30-26;1-2-4-8-7(3-1)5-6-9-8/h3-11,16-17,19,30H,12-15,18H2,1-2H3;1-6,9H. The van der Waals surface area contributed by atoms with Crippen molar-refractivity contribution < 1.29 is 4.39 Å². The largest absolute Gasteiger partial charge is 0.361 e. The van der Waals surface area contributed by atoms with Crippen molar-refractivity contribution in [3.8, 4) is 0 Å². The Hall–Kier alpha value is -4.42. The predicted molar refractivity (Wildman–Crippen MR) is 166 cm³/mol. The van der Waals surface area contributed by atoms with E-state index in [1.165, 1.54) is 33.7 Å². The van der Waals surface area contributed by atoms with Gasteiger partial charge in [0.05, 0.1) is 0 Å². The zero-order valence-corrected chi connectivity index (χ0v) is 23.6. The molecule has 6 heteroatoms. The number of rotatable bonds is 6. The van der Waals surface area contributed by atoms with Crippen LogP contribution in [0.2, 0.25) is 0 Å². The third-order valence-electron chi connectivity index (χ3n) is 8.46. The number of H-pyrrole nitrogens is 2. The Bertz CT molecular complexity index is 1730. The van der Waals surface area contributed by atoms with Crippen LogP contribution in [0.5, 0.6) is 0 Å². The summed E-state index contributed by atoms with van der Waals surface area (Å²) < 4.78 is 16.0. The van der Waals surface area contributed by atoms with Gasteiger partial charge in [-0.25, -0.2) is 4.39 Å². The number of nitrogens with zero attached hydrogens (tertiary/aromatic N) is 3. The minimum Gasteiger partial charge on any atom is -0.361 e. The molecule has 3 aromatic carbocycles. The predicted octanol–water partition coefficient (Wildman–Crippen LogP) is 7.94. The third kappa shape index (κ3) is 5.48. The molecule has 3 aromatic heterocycles. The van der Waals surface area contributed by atoms with Crippen LogP contribution in [0.3, 0.4) is 0 Å². The van der Waals surface area contributed by atoms with Gasteiger partial charge in [0.25, 0.3) is 0 Å². The van der Waals surface area contributed by atoms with E-state index in [0.29, 0.717) is 0 Å². The highest BCUT2D eigenvalue weighted by molar-refractivity contribution is 5.89. The minimum atomic E-state index is -0.197. The van der Waals surface area contributed by atoms with Gasteiger partial charge in [0.2, 0.25) is 0 Å². The fourth-order valence-electron chi connectivity index (χ4n) is 6.15. The molecule has 0 saturated heterocycles. The Kier molecular flexibility index (Phi) is 7.57. The Balaban J connectivity index is 0.000000283. The number of benzene rings is 3. The molecule has 0 aliphatic heterocycles. The van der Waals surface area contributed by atoms with Gasteiger partial charge in [0.15, 0.2) is 0 Å². The fraction of sp³-hybridized carbons (Fsp3) is 0.229. The molecule has 1 aliphatic carbocycles. The zero-order valence-electron chi connectivity index (χ0n) is 23.6. The molecule has 1 aliphatic rings. The van der Waals surface area contributed by atoms with E-state index >= 15 is 0 Å². The van der Waals surface area contributed by atoms with Gasteiger partial charge >= 0.3 is 0 Å². The molecule has 0 radical (unpaired) electrons. The third-order valence-corrected chi connectivity index (χ3v) is 8.46. The number of fused-ring (bicyclic) bond motifs is 2. The summed E-state index contributed by atoms with van der Waals surface area (Å²) in [5.74, 6) is -0.197. The molecular weight excluding hydrogens is 509 g/mol. The van der Waals surface area contributed by atoms with Crippen LogP contribution in [0.4, 0.5) is 4.39 Å². The number of aromatic nitrogens is 4. The second-order valence-corrected chi connectivity index (χ2v) is 11.0. The summed E-state index contributed by atoms with van der Waals surface area (Å²) in [6.45, 7) is 0.766. The van der Waals surface area contributed by atoms with Crippen molar-refractivity contribution in [1.29, 1.82) is 0 Å². The van der Waals surface area contributed by atoms with E-state index in [-0.39, 0.29) is 11.4 Å². The van der Waals surface area contributed by atoms with Crippen LogP contribution in [0.15, 0.2) is 110 Å². The van der Waals surface area contributed by atoms with Gasteiger partial charge < -0.3 is 9.97 Å². The monoisotopic (exact) mass is 545 g/mol. The van der Waals surface area contributed by atoms with Crippen molar-refractivity contribution in [2.75, 3.05) is 14.1 Å². The molecule has 0 bridgehead atoms. The minimum absolute atomic E-state index is 0.00188. The molecule has 7 rings (SSSR count). The number of aryl methyl sites for hydroxylation is 2. The SMILES string of the molecule is CN(C)C1(c2ccccc2)CC=C(c2[nH]c3ccc(F)cc3c2CCn2cccn2)CC1.c1ccc2[nH]ccc2c1. The first kappa shape index (κ1) is 26.8. The van der Waals surface area contributed by atoms with E-state index in [1.54, 1.807) is 12.3 Å². The number of halogens is 1. The molecule has 41 heavy (non-hydrogen) atoms. The lowest BCUT2D eigenvalue weighted by molar-refractivity contribution is 0.138. The van der Waals surface area contributed by atoms with Crippen LogP contribution in [-0.2, 0) is 18.5 Å². The zero-order chi connectivity index (χ0) is 28.2. The lowest BCUT2D eigenvalue weighted by Crippen LogP contribution is -2.42. The highest BCUT2D eigenvalue weighted by Gasteiger charge is 2.36. The number of nitrogens with one attached hydrogen (secondary N) is 2. The number of para-hydroxylation sites is 1. The van der Waals surface area contributed by atoms with Gasteiger partial charge in [0, 0.05) is 52.8 Å². The summed E-state index contributed by atoms with van der Waals surface area (Å²) in [5, 5.41) is 6.59. The van der Waals surface area contributed by atoms with E-state index in [2.05, 4.69) is 88.7 Å². The van der Waals surface area contributed by atoms with Crippen LogP contribution in [0.25, 0.3) is 27.4 Å². The van der Waals surface area contributed by atoms with Crippen LogP contribution in [-0.4, -0.2) is 38.7 Å². The molecular formula is C35H36FN5. The number of hydrogen-bond acceptors (Lipinski definition) is 2. The maximum Gasteiger partial charge on any atom is 0.123 e. The molecule has 0 fully saturated rings. The number of aromatic amines is 2. The van der Waals surface area contributed by atoms with Crippen molar-refractivity contribution in [3.63, 3.8) is 0 Å². The van der Waals surface area contributed by atoms with Gasteiger partial charge in [-0.2, -0.15) is 5.10 Å². The Morgan fingerprint density at radius 2 is 1.78 bits per heavy atom. The normalized spacial score (nSPS) is 17.0. The Morgan fingerprint density at radius 3 is 2.51 bits per heavy atom. The molecule has 0 saturated carbocycles. The van der Waals surface area contributed by atoms with Crippen molar-refractivity contribution in [2.24, 2.45) is 0 Å². The lowest BCUT2D eigenvalue weighted by Gasteiger charge is -2.43. The highest BCUT2D eigenvalue weighted by atomic mass is 19.1. The second kappa shape index (κ2) is 11.6. The van der Waals surface area contributed by atoms with E-state index in [4.69, 9.17) is 0 Å². The van der Waals surface area contributed by atoms with Gasteiger partial charge in [-0.05, 0) is 98.3 Å². The molecule has 3 heterocycles. The van der Waals surface area contributed by atoms with Crippen LogP contribution < -0.4 is 0 Å². The summed E-state index contributed by atoms with van der Waals surface area (Å²) in [5.41, 5.74) is 7.21. The molecule has 1 atom stereocenters. The molecule has 6 aromatic rings. The molecule has 0 spiro atoms. The van der Waals surface area contributed by atoms with E-state index in [9.17, 15) is 4.39 Å². The van der Waals surface area contributed by atoms with Gasteiger partial charge in [0.1, 0.15) is 5.82 Å². The van der Waals surface area contributed by atoms with Crippen molar-refractivity contribution >= 4 is 27.4 Å². The Morgan fingerprint density at radius 1 is 0.951 bits per heavy atom. The number of hydrogen-bond donors (Lipinski definition) is 2. The molecule has 5 nitrogen and oxygen atoms in total. The summed E-state index contributed by atoms with van der Waals surface area (Å²) in [4.78, 5) is 9.08. The van der Waals surface area contributed by atoms with Crippen LogP contribution in [0.1, 0.15) is 36.1 Å². The second-order valence-electron chi connectivity index (χ2n) is 11.0. The van der Waals surface area contributed by atoms with Crippen molar-refractivity contribution in [3.05, 3.63) is 132 Å². The quantitative estimate of drug-likeness (QED) is 0.223. The lowest BCUT2D eigenvalue weighted by atomic mass is 9.75. The van der Waals surface area contributed by atoms with Gasteiger partial charge in [-0.15, -0.1) is 0 Å². The first-order valence-corrected chi connectivity index (χ1v) is 14.3. The summed E-state index contributed by atoms with van der Waals surface area (Å²) in [7, 11) is 4.35. The summed E-state index contributed by atoms with van der Waals surface area (Å²) in [6.07, 6.45) is 11.9. The molecule has 2 N–H and O–H groups in total. The van der Waals surface area contributed by atoms with E-state index < -0.39 is 0 Å². The molecule has 1 unspecified atom stereocenters. The summed E-state index contributed by atoms with van der Waals surface area (Å²) >= 11 is 0. The summed E-state index contributed by atoms with van der Waals surface area (Å²) in [6, 6.07) is 28.1. The maximum atomic E-state index is 14.1. The highest BCUT2D eigenvalue weighted by Crippen LogP contribution is 2.43. The smallest absolute Gasteiger partial charge is 0.123 e. The van der Waals surface area contributed by atoms with Crippen molar-refractivity contribution in [2.45, 2.75) is 37.8 Å². The fourth-order valence-corrected chi connectivity index (χ4v) is 6.15. The average Bonchev–Trinajstić information content (AvgIpc) is 3.77. The van der Waals surface area contributed by atoms with E-state index in [0.717, 1.165) is 48.8 Å². The topological polar surface area (TPSA) is 52.6 Å². The van der Waals surface area contributed by atoms with Gasteiger partial charge in [-0.1, -0.05) is 54.6 Å². The molecule has 0 amide bonds. The van der Waals surface area contributed by atoms with Crippen molar-refractivity contribution in [1.82, 2.24) is 24.6 Å². The Labute approximate surface area is 240 Å². The molecule has 208 valence electrons. The van der Waals surface area contributed by atoms with Gasteiger partial charge in [-0.3, -0.25) is 9.58 Å². The van der Waals surface area contributed by atoms with Crippen LogP contribution in [0, 0.1) is 5.82 Å². The average molecular weight is 546 g/mol. The maximum absolute atomic E-state index is 14.1. The van der Waals surface area contributed by atoms with E-state index in [1.807, 2.05) is 41.3 Å². The first-order chi connectivity index (χ1) is 20.0.